The number of carbonyl (C=O) groups excluding carboxylic acids is 3. The van der Waals surface area contributed by atoms with Gasteiger partial charge in [0.2, 0.25) is 0 Å². The summed E-state index contributed by atoms with van der Waals surface area (Å²) < 4.78 is 16.9. The number of esters is 3. The highest BCUT2D eigenvalue weighted by molar-refractivity contribution is 5.71. The van der Waals surface area contributed by atoms with E-state index in [0.29, 0.717) is 19.3 Å². The first-order valence-corrected chi connectivity index (χ1v) is 35.3. The van der Waals surface area contributed by atoms with Gasteiger partial charge in [0.1, 0.15) is 13.2 Å². The highest BCUT2D eigenvalue weighted by atomic mass is 16.6. The number of hydrogen-bond donors (Lipinski definition) is 0. The van der Waals surface area contributed by atoms with E-state index in [9.17, 15) is 14.4 Å². The second kappa shape index (κ2) is 68.6. The molecule has 0 amide bonds. The van der Waals surface area contributed by atoms with E-state index in [4.69, 9.17) is 14.2 Å². The van der Waals surface area contributed by atoms with E-state index in [-0.39, 0.29) is 31.1 Å². The SMILES string of the molecule is CC/C=C\C/C=C\C/C=C\C/C=C\CCCCCCCCCCCCC(=O)OC(COC(=O)CCCCCCC/C=C\CCC)COC(=O)CCCCCCCCCCCCCCCCCCCCCCCCCCCCCCC. The summed E-state index contributed by atoms with van der Waals surface area (Å²) in [5, 5.41) is 0. The summed E-state index contributed by atoms with van der Waals surface area (Å²) in [6.07, 6.45) is 88.4. The van der Waals surface area contributed by atoms with Crippen LogP contribution in [0.2, 0.25) is 0 Å². The Morgan fingerprint density at radius 2 is 0.512 bits per heavy atom. The third-order valence-electron chi connectivity index (χ3n) is 15.7. The van der Waals surface area contributed by atoms with Crippen LogP contribution < -0.4 is 0 Å². The predicted molar refractivity (Wildman–Crippen MR) is 348 cm³/mol. The van der Waals surface area contributed by atoms with Crippen LogP contribution >= 0.6 is 0 Å². The second-order valence-corrected chi connectivity index (χ2v) is 23.8. The molecule has 0 saturated heterocycles. The summed E-state index contributed by atoms with van der Waals surface area (Å²) in [7, 11) is 0. The molecule has 0 bridgehead atoms. The van der Waals surface area contributed by atoms with Crippen LogP contribution in [-0.2, 0) is 28.6 Å². The molecule has 0 aromatic heterocycles. The van der Waals surface area contributed by atoms with Crippen molar-refractivity contribution >= 4 is 17.9 Å². The van der Waals surface area contributed by atoms with Crippen LogP contribution in [0.4, 0.5) is 0 Å². The highest BCUT2D eigenvalue weighted by Gasteiger charge is 2.19. The molecular formula is C74H134O6. The first-order valence-electron chi connectivity index (χ1n) is 35.3. The first kappa shape index (κ1) is 77.1. The third-order valence-corrected chi connectivity index (χ3v) is 15.7. The molecule has 1 atom stereocenters. The van der Waals surface area contributed by atoms with Gasteiger partial charge in [-0.3, -0.25) is 14.4 Å². The minimum absolute atomic E-state index is 0.0748. The normalized spacial score (nSPS) is 12.4. The van der Waals surface area contributed by atoms with Gasteiger partial charge in [-0.15, -0.1) is 0 Å². The lowest BCUT2D eigenvalue weighted by Gasteiger charge is -2.18. The number of unbranched alkanes of at least 4 members (excludes halogenated alkanes) is 44. The molecule has 0 spiro atoms. The van der Waals surface area contributed by atoms with Gasteiger partial charge in [0, 0.05) is 19.3 Å². The molecule has 0 N–H and O–H groups in total. The molecule has 0 radical (unpaired) electrons. The van der Waals surface area contributed by atoms with Crippen LogP contribution in [0, 0.1) is 0 Å². The quantitative estimate of drug-likeness (QED) is 0.0261. The van der Waals surface area contributed by atoms with Crippen molar-refractivity contribution in [2.45, 2.75) is 380 Å². The monoisotopic (exact) mass is 1120 g/mol. The van der Waals surface area contributed by atoms with Crippen molar-refractivity contribution in [2.24, 2.45) is 0 Å². The fourth-order valence-corrected chi connectivity index (χ4v) is 10.5. The van der Waals surface area contributed by atoms with E-state index < -0.39 is 6.10 Å². The van der Waals surface area contributed by atoms with Crippen LogP contribution in [0.25, 0.3) is 0 Å². The molecule has 0 aliphatic rings. The average Bonchev–Trinajstić information content (AvgIpc) is 3.46. The minimum atomic E-state index is -0.779. The molecule has 466 valence electrons. The van der Waals surface area contributed by atoms with E-state index in [1.54, 1.807) is 0 Å². The Morgan fingerprint density at radius 1 is 0.263 bits per heavy atom. The summed E-state index contributed by atoms with van der Waals surface area (Å²) >= 11 is 0. The fourth-order valence-electron chi connectivity index (χ4n) is 10.5. The van der Waals surface area contributed by atoms with Gasteiger partial charge in [0.05, 0.1) is 0 Å². The molecule has 6 nitrogen and oxygen atoms in total. The summed E-state index contributed by atoms with van der Waals surface area (Å²) in [6, 6.07) is 0. The molecule has 0 saturated carbocycles. The Morgan fingerprint density at radius 3 is 0.825 bits per heavy atom. The zero-order valence-corrected chi connectivity index (χ0v) is 53.6. The van der Waals surface area contributed by atoms with Gasteiger partial charge in [-0.05, 0) is 77.0 Å². The van der Waals surface area contributed by atoms with E-state index in [0.717, 1.165) is 96.3 Å². The number of carbonyl (C=O) groups is 3. The Balaban J connectivity index is 4.13. The Kier molecular flexibility index (Phi) is 66.1. The minimum Gasteiger partial charge on any atom is -0.462 e. The maximum Gasteiger partial charge on any atom is 0.306 e. The van der Waals surface area contributed by atoms with Gasteiger partial charge >= 0.3 is 17.9 Å². The van der Waals surface area contributed by atoms with Crippen molar-refractivity contribution in [1.29, 1.82) is 0 Å². The molecular weight excluding hydrogens is 985 g/mol. The number of rotatable bonds is 65. The molecule has 0 aliphatic heterocycles. The zero-order chi connectivity index (χ0) is 57.8. The van der Waals surface area contributed by atoms with E-state index in [1.165, 1.54) is 238 Å². The summed E-state index contributed by atoms with van der Waals surface area (Å²) in [6.45, 7) is 6.51. The van der Waals surface area contributed by atoms with Crippen molar-refractivity contribution in [3.05, 3.63) is 60.8 Å². The number of hydrogen-bond acceptors (Lipinski definition) is 6. The topological polar surface area (TPSA) is 78.9 Å². The van der Waals surface area contributed by atoms with Crippen molar-refractivity contribution < 1.29 is 28.6 Å². The molecule has 1 unspecified atom stereocenters. The van der Waals surface area contributed by atoms with Crippen LogP contribution in [-0.4, -0.2) is 37.2 Å². The number of allylic oxidation sites excluding steroid dienone is 10. The van der Waals surface area contributed by atoms with Gasteiger partial charge in [0.25, 0.3) is 0 Å². The summed E-state index contributed by atoms with van der Waals surface area (Å²) in [5.74, 6) is -0.870. The summed E-state index contributed by atoms with van der Waals surface area (Å²) in [5.41, 5.74) is 0. The Hall–Kier alpha value is -2.89. The second-order valence-electron chi connectivity index (χ2n) is 23.8. The van der Waals surface area contributed by atoms with Crippen molar-refractivity contribution in [1.82, 2.24) is 0 Å². The average molecular weight is 1120 g/mol. The van der Waals surface area contributed by atoms with Gasteiger partial charge in [-0.25, -0.2) is 0 Å². The smallest absolute Gasteiger partial charge is 0.306 e. The highest BCUT2D eigenvalue weighted by Crippen LogP contribution is 2.19. The van der Waals surface area contributed by atoms with E-state index >= 15 is 0 Å². The lowest BCUT2D eigenvalue weighted by Crippen LogP contribution is -2.30. The lowest BCUT2D eigenvalue weighted by molar-refractivity contribution is -0.167. The van der Waals surface area contributed by atoms with Crippen molar-refractivity contribution in [3.63, 3.8) is 0 Å². The molecule has 0 fully saturated rings. The standard InChI is InChI=1S/C74H134O6/c1-4-7-10-13-16-19-22-24-26-28-30-32-34-35-36-37-38-39-41-42-44-46-48-50-52-55-58-61-64-67-73(76)79-70-71(69-78-72(75)66-63-60-57-54-21-18-15-12-9-6-3)80-74(77)68-65-62-59-56-53-51-49-47-45-43-40-33-31-29-27-25-23-20-17-14-11-8-5-2/h8,11-12,15,17,20,25,27,31,33,71H,4-7,9-10,13-14,16,18-19,21-24,26,28-30,32,34-70H2,1-3H3/b11-8-,15-12-,20-17-,27-25-,33-31-. The predicted octanol–water partition coefficient (Wildman–Crippen LogP) is 24.3. The maximum absolute atomic E-state index is 12.9. The van der Waals surface area contributed by atoms with Crippen LogP contribution in [0.3, 0.4) is 0 Å². The van der Waals surface area contributed by atoms with Gasteiger partial charge in [-0.2, -0.15) is 0 Å². The molecule has 0 aliphatic carbocycles. The van der Waals surface area contributed by atoms with E-state index in [1.807, 2.05) is 0 Å². The molecule has 0 aromatic carbocycles. The van der Waals surface area contributed by atoms with Crippen LogP contribution in [0.15, 0.2) is 60.8 Å². The maximum atomic E-state index is 12.9. The fraction of sp³-hybridized carbons (Fsp3) is 0.824. The van der Waals surface area contributed by atoms with Crippen LogP contribution in [0.1, 0.15) is 374 Å². The first-order chi connectivity index (χ1) is 39.5. The van der Waals surface area contributed by atoms with Gasteiger partial charge < -0.3 is 14.2 Å². The summed E-state index contributed by atoms with van der Waals surface area (Å²) in [4.78, 5) is 38.3. The Labute approximate surface area is 498 Å². The third kappa shape index (κ3) is 65.9. The lowest BCUT2D eigenvalue weighted by atomic mass is 10.0. The molecule has 0 heterocycles. The van der Waals surface area contributed by atoms with Crippen LogP contribution in [0.5, 0.6) is 0 Å². The number of ether oxygens (including phenoxy) is 3. The van der Waals surface area contributed by atoms with Crippen molar-refractivity contribution in [2.75, 3.05) is 13.2 Å². The molecule has 0 rings (SSSR count). The Bertz CT molecular complexity index is 1430. The van der Waals surface area contributed by atoms with Gasteiger partial charge in [-0.1, -0.05) is 338 Å². The zero-order valence-electron chi connectivity index (χ0n) is 53.6. The molecule has 6 heteroatoms. The largest absolute Gasteiger partial charge is 0.462 e. The van der Waals surface area contributed by atoms with Gasteiger partial charge in [0.15, 0.2) is 6.10 Å². The van der Waals surface area contributed by atoms with E-state index in [2.05, 4.69) is 81.5 Å². The van der Waals surface area contributed by atoms with Crippen molar-refractivity contribution in [3.8, 4) is 0 Å². The molecule has 80 heavy (non-hydrogen) atoms. The molecule has 0 aromatic rings.